The van der Waals surface area contributed by atoms with Gasteiger partial charge in [0.2, 0.25) is 5.91 Å². The maximum Gasteiger partial charge on any atom is 0.248 e. The average Bonchev–Trinajstić information content (AvgIpc) is 3.19. The topological polar surface area (TPSA) is 64.2 Å². The van der Waals surface area contributed by atoms with Crippen molar-refractivity contribution >= 4 is 17.5 Å². The van der Waals surface area contributed by atoms with Crippen LogP contribution in [-0.2, 0) is 13.1 Å². The molecule has 0 aliphatic carbocycles. The molecule has 0 radical (unpaired) electrons. The summed E-state index contributed by atoms with van der Waals surface area (Å²) in [5, 5.41) is 5.57. The molecule has 0 aliphatic rings. The van der Waals surface area contributed by atoms with Crippen LogP contribution in [0.5, 0.6) is 0 Å². The van der Waals surface area contributed by atoms with Crippen LogP contribution in [0.15, 0.2) is 85.1 Å². The maximum atomic E-state index is 11.3. The molecule has 0 saturated heterocycles. The summed E-state index contributed by atoms with van der Waals surface area (Å²) in [6, 6.07) is 25.2. The number of amides is 1. The predicted octanol–water partition coefficient (Wildman–Crippen LogP) is 4.92. The van der Waals surface area contributed by atoms with E-state index in [-0.39, 0.29) is 0 Å². The van der Waals surface area contributed by atoms with E-state index in [2.05, 4.69) is 18.1 Å². The minimum Gasteiger partial charge on any atom is -0.366 e. The number of hydrogen-bond donors (Lipinski definition) is 1. The van der Waals surface area contributed by atoms with E-state index in [1.54, 1.807) is 12.1 Å². The first-order chi connectivity index (χ1) is 15.0. The molecule has 6 heteroatoms. The van der Waals surface area contributed by atoms with Crippen molar-refractivity contribution in [1.82, 2.24) is 14.7 Å². The summed E-state index contributed by atoms with van der Waals surface area (Å²) in [5.74, 6) is -0.416. The first-order valence-corrected chi connectivity index (χ1v) is 10.3. The fourth-order valence-corrected chi connectivity index (χ4v) is 3.65. The Bertz CT molecular complexity index is 1170. The molecule has 5 nitrogen and oxygen atoms in total. The number of nitrogens with two attached hydrogens (primary N) is 1. The first-order valence-electron chi connectivity index (χ1n) is 9.97. The van der Waals surface area contributed by atoms with Crippen molar-refractivity contribution in [2.45, 2.75) is 13.1 Å². The predicted molar refractivity (Wildman–Crippen MR) is 124 cm³/mol. The van der Waals surface area contributed by atoms with Crippen molar-refractivity contribution in [3.05, 3.63) is 107 Å². The van der Waals surface area contributed by atoms with Gasteiger partial charge in [0.05, 0.1) is 11.4 Å². The molecule has 4 aromatic rings. The van der Waals surface area contributed by atoms with Gasteiger partial charge in [-0.2, -0.15) is 5.10 Å². The van der Waals surface area contributed by atoms with E-state index in [9.17, 15) is 4.79 Å². The lowest BCUT2D eigenvalue weighted by Crippen LogP contribution is -2.17. The van der Waals surface area contributed by atoms with Crippen LogP contribution in [0.4, 0.5) is 0 Å². The lowest BCUT2D eigenvalue weighted by molar-refractivity contribution is 0.100. The quantitative estimate of drug-likeness (QED) is 0.452. The smallest absolute Gasteiger partial charge is 0.248 e. The molecule has 1 amide bonds. The highest BCUT2D eigenvalue weighted by Crippen LogP contribution is 2.26. The number of para-hydroxylation sites is 1. The van der Waals surface area contributed by atoms with E-state index in [0.717, 1.165) is 34.6 Å². The van der Waals surface area contributed by atoms with Gasteiger partial charge in [-0.15, -0.1) is 0 Å². The number of halogens is 1. The van der Waals surface area contributed by atoms with E-state index in [4.69, 9.17) is 22.4 Å². The van der Waals surface area contributed by atoms with Gasteiger partial charge in [0.25, 0.3) is 0 Å². The number of hydrogen-bond acceptors (Lipinski definition) is 3. The normalized spacial score (nSPS) is 11.1. The van der Waals surface area contributed by atoms with Crippen LogP contribution in [0.1, 0.15) is 21.5 Å². The molecule has 0 aliphatic heterocycles. The Kier molecular flexibility index (Phi) is 6.16. The van der Waals surface area contributed by atoms with Gasteiger partial charge in [-0.25, -0.2) is 4.68 Å². The summed E-state index contributed by atoms with van der Waals surface area (Å²) >= 11 is 6.08. The third kappa shape index (κ3) is 5.02. The third-order valence-electron chi connectivity index (χ3n) is 5.06. The van der Waals surface area contributed by atoms with Gasteiger partial charge >= 0.3 is 0 Å². The van der Waals surface area contributed by atoms with Crippen LogP contribution in [0, 0.1) is 0 Å². The molecule has 0 atom stereocenters. The molecule has 0 saturated carbocycles. The highest BCUT2D eigenvalue weighted by Gasteiger charge is 2.14. The molecule has 0 spiro atoms. The first kappa shape index (κ1) is 20.8. The number of rotatable bonds is 7. The molecular formula is C25H23ClN4O. The van der Waals surface area contributed by atoms with E-state index in [1.165, 1.54) is 0 Å². The molecule has 2 N–H and O–H groups in total. The van der Waals surface area contributed by atoms with Crippen molar-refractivity contribution in [2.24, 2.45) is 5.73 Å². The number of carbonyl (C=O) groups is 1. The van der Waals surface area contributed by atoms with E-state index < -0.39 is 5.91 Å². The molecule has 3 aromatic carbocycles. The summed E-state index contributed by atoms with van der Waals surface area (Å²) < 4.78 is 1.91. The van der Waals surface area contributed by atoms with Crippen molar-refractivity contribution in [3.63, 3.8) is 0 Å². The van der Waals surface area contributed by atoms with Gasteiger partial charge in [0, 0.05) is 41.0 Å². The van der Waals surface area contributed by atoms with Crippen LogP contribution in [0.2, 0.25) is 5.02 Å². The monoisotopic (exact) mass is 430 g/mol. The second kappa shape index (κ2) is 9.16. The van der Waals surface area contributed by atoms with Gasteiger partial charge in [-0.1, -0.05) is 54.1 Å². The zero-order valence-corrected chi connectivity index (χ0v) is 18.0. The molecule has 0 fully saturated rings. The lowest BCUT2D eigenvalue weighted by atomic mass is 10.1. The van der Waals surface area contributed by atoms with E-state index >= 15 is 0 Å². The summed E-state index contributed by atoms with van der Waals surface area (Å²) in [7, 11) is 2.06. The SMILES string of the molecule is CN(Cc1ccc(C(N)=O)cc1)Cc1cn(-c2ccccc2)nc1-c1ccc(Cl)cc1. The second-order valence-corrected chi connectivity index (χ2v) is 7.96. The van der Waals surface area contributed by atoms with E-state index in [1.807, 2.05) is 71.4 Å². The standard InChI is InChI=1S/C25H23ClN4O/c1-29(15-18-7-9-20(10-8-18)25(27)31)16-21-17-30(23-5-3-2-4-6-23)28-24(21)19-11-13-22(26)14-12-19/h2-14,17H,15-16H2,1H3,(H2,27,31). The number of primary amides is 1. The summed E-state index contributed by atoms with van der Waals surface area (Å²) in [6.45, 7) is 1.44. The number of nitrogens with zero attached hydrogens (tertiary/aromatic N) is 3. The largest absolute Gasteiger partial charge is 0.366 e. The maximum absolute atomic E-state index is 11.3. The number of carbonyl (C=O) groups excluding carboxylic acids is 1. The fourth-order valence-electron chi connectivity index (χ4n) is 3.52. The minimum absolute atomic E-state index is 0.416. The van der Waals surface area contributed by atoms with Crippen molar-refractivity contribution in [2.75, 3.05) is 7.05 Å². The molecule has 1 heterocycles. The molecule has 0 unspecified atom stereocenters. The Hall–Kier alpha value is -3.41. The molecule has 31 heavy (non-hydrogen) atoms. The molecule has 4 rings (SSSR count). The summed E-state index contributed by atoms with van der Waals surface area (Å²) in [6.07, 6.45) is 2.08. The van der Waals surface area contributed by atoms with Crippen molar-refractivity contribution in [1.29, 1.82) is 0 Å². The van der Waals surface area contributed by atoms with Crippen LogP contribution < -0.4 is 5.73 Å². The zero-order chi connectivity index (χ0) is 21.8. The summed E-state index contributed by atoms with van der Waals surface area (Å²) in [5.41, 5.74) is 11.0. The lowest BCUT2D eigenvalue weighted by Gasteiger charge is -2.17. The molecular weight excluding hydrogens is 408 g/mol. The number of benzene rings is 3. The zero-order valence-electron chi connectivity index (χ0n) is 17.2. The Labute approximate surface area is 186 Å². The third-order valence-corrected chi connectivity index (χ3v) is 5.31. The molecule has 1 aromatic heterocycles. The van der Waals surface area contributed by atoms with Gasteiger partial charge < -0.3 is 5.73 Å². The van der Waals surface area contributed by atoms with Crippen LogP contribution in [0.3, 0.4) is 0 Å². The van der Waals surface area contributed by atoms with Gasteiger partial charge in [0.1, 0.15) is 0 Å². The molecule has 156 valence electrons. The Morgan fingerprint density at radius 1 is 0.968 bits per heavy atom. The molecule has 0 bridgehead atoms. The average molecular weight is 431 g/mol. The minimum atomic E-state index is -0.416. The second-order valence-electron chi connectivity index (χ2n) is 7.52. The van der Waals surface area contributed by atoms with E-state index in [0.29, 0.717) is 17.1 Å². The van der Waals surface area contributed by atoms with Crippen molar-refractivity contribution < 1.29 is 4.79 Å². The van der Waals surface area contributed by atoms with Crippen LogP contribution in [-0.4, -0.2) is 27.6 Å². The Morgan fingerprint density at radius 3 is 2.29 bits per heavy atom. The Morgan fingerprint density at radius 2 is 1.65 bits per heavy atom. The highest BCUT2D eigenvalue weighted by atomic mass is 35.5. The van der Waals surface area contributed by atoms with Crippen LogP contribution >= 0.6 is 11.6 Å². The van der Waals surface area contributed by atoms with Gasteiger partial charge in [0.15, 0.2) is 0 Å². The Balaban J connectivity index is 1.60. The summed E-state index contributed by atoms with van der Waals surface area (Å²) in [4.78, 5) is 13.5. The van der Waals surface area contributed by atoms with Gasteiger partial charge in [-0.05, 0) is 49.0 Å². The highest BCUT2D eigenvalue weighted by molar-refractivity contribution is 6.30. The van der Waals surface area contributed by atoms with Crippen molar-refractivity contribution in [3.8, 4) is 16.9 Å². The fraction of sp³-hybridized carbons (Fsp3) is 0.120. The van der Waals surface area contributed by atoms with Crippen LogP contribution in [0.25, 0.3) is 16.9 Å². The van der Waals surface area contributed by atoms with Gasteiger partial charge in [-0.3, -0.25) is 9.69 Å². The number of aromatic nitrogens is 2.